The smallest absolute Gasteiger partial charge is 0.335 e. The van der Waals surface area contributed by atoms with E-state index in [2.05, 4.69) is 5.32 Å². The summed E-state index contributed by atoms with van der Waals surface area (Å²) in [5, 5.41) is 3.07. The van der Waals surface area contributed by atoms with Crippen molar-refractivity contribution in [1.82, 2.24) is 5.32 Å². The Morgan fingerprint density at radius 1 is 1.46 bits per heavy atom. The summed E-state index contributed by atoms with van der Waals surface area (Å²) in [7, 11) is 1.86. The van der Waals surface area contributed by atoms with E-state index in [1.807, 2.05) is 14.0 Å². The highest BCUT2D eigenvalue weighted by atomic mass is 16.5. The van der Waals surface area contributed by atoms with Gasteiger partial charge in [-0.05, 0) is 32.6 Å². The maximum atomic E-state index is 11.4. The first-order valence-corrected chi connectivity index (χ1v) is 4.86. The molecule has 0 radical (unpaired) electrons. The first-order valence-electron chi connectivity index (χ1n) is 4.86. The van der Waals surface area contributed by atoms with E-state index in [9.17, 15) is 4.79 Å². The Balaban J connectivity index is 2.72. The lowest BCUT2D eigenvalue weighted by molar-refractivity contribution is -0.138. The maximum Gasteiger partial charge on any atom is 0.335 e. The van der Waals surface area contributed by atoms with Crippen LogP contribution in [0.1, 0.15) is 32.6 Å². The number of carbonyl (C=O) groups is 1. The van der Waals surface area contributed by atoms with Crippen LogP contribution in [-0.4, -0.2) is 19.6 Å². The van der Waals surface area contributed by atoms with Crippen LogP contribution >= 0.6 is 0 Å². The van der Waals surface area contributed by atoms with Crippen molar-refractivity contribution in [2.75, 3.05) is 13.7 Å². The van der Waals surface area contributed by atoms with E-state index in [4.69, 9.17) is 4.74 Å². The van der Waals surface area contributed by atoms with Crippen molar-refractivity contribution in [2.24, 2.45) is 0 Å². The SMILES string of the molecule is CCOC(=O)C1=C(NC)CCCC1. The zero-order chi connectivity index (χ0) is 9.68. The lowest BCUT2D eigenvalue weighted by atomic mass is 9.96. The highest BCUT2D eigenvalue weighted by Gasteiger charge is 2.18. The van der Waals surface area contributed by atoms with Gasteiger partial charge in [-0.15, -0.1) is 0 Å². The predicted molar refractivity (Wildman–Crippen MR) is 51.2 cm³/mol. The summed E-state index contributed by atoms with van der Waals surface area (Å²) in [4.78, 5) is 11.4. The fourth-order valence-corrected chi connectivity index (χ4v) is 1.62. The molecule has 1 aliphatic rings. The molecule has 0 aromatic rings. The molecule has 0 amide bonds. The number of carbonyl (C=O) groups excluding carboxylic acids is 1. The minimum absolute atomic E-state index is 0.147. The Morgan fingerprint density at radius 3 is 2.77 bits per heavy atom. The van der Waals surface area contributed by atoms with Gasteiger partial charge in [0, 0.05) is 12.7 Å². The highest BCUT2D eigenvalue weighted by molar-refractivity contribution is 5.89. The van der Waals surface area contributed by atoms with Crippen LogP contribution < -0.4 is 5.32 Å². The molecule has 1 N–H and O–H groups in total. The Morgan fingerprint density at radius 2 is 2.15 bits per heavy atom. The van der Waals surface area contributed by atoms with Crippen molar-refractivity contribution in [3.63, 3.8) is 0 Å². The summed E-state index contributed by atoms with van der Waals surface area (Å²) in [5.74, 6) is -0.147. The van der Waals surface area contributed by atoms with E-state index >= 15 is 0 Å². The fourth-order valence-electron chi connectivity index (χ4n) is 1.62. The lowest BCUT2D eigenvalue weighted by Crippen LogP contribution is -2.19. The van der Waals surface area contributed by atoms with Crippen LogP contribution in [0.4, 0.5) is 0 Å². The average molecular weight is 183 g/mol. The van der Waals surface area contributed by atoms with Gasteiger partial charge in [0.15, 0.2) is 0 Å². The van der Waals surface area contributed by atoms with Gasteiger partial charge in [0.1, 0.15) is 0 Å². The summed E-state index contributed by atoms with van der Waals surface area (Å²) in [6.07, 6.45) is 4.10. The molecular weight excluding hydrogens is 166 g/mol. The summed E-state index contributed by atoms with van der Waals surface area (Å²) >= 11 is 0. The Kier molecular flexibility index (Phi) is 3.80. The highest BCUT2D eigenvalue weighted by Crippen LogP contribution is 2.23. The molecule has 0 aromatic carbocycles. The predicted octanol–water partition coefficient (Wildman–Crippen LogP) is 1.60. The quantitative estimate of drug-likeness (QED) is 0.675. The Labute approximate surface area is 79.2 Å². The van der Waals surface area contributed by atoms with Crippen LogP contribution in [0.5, 0.6) is 0 Å². The number of esters is 1. The number of rotatable bonds is 3. The van der Waals surface area contributed by atoms with Gasteiger partial charge in [0.25, 0.3) is 0 Å². The molecule has 0 atom stereocenters. The minimum Gasteiger partial charge on any atom is -0.463 e. The molecule has 0 saturated heterocycles. The van der Waals surface area contributed by atoms with Gasteiger partial charge in [-0.3, -0.25) is 0 Å². The second-order valence-corrected chi connectivity index (χ2v) is 3.13. The monoisotopic (exact) mass is 183 g/mol. The molecule has 3 heteroatoms. The van der Waals surface area contributed by atoms with E-state index in [-0.39, 0.29) is 5.97 Å². The molecule has 0 saturated carbocycles. The molecule has 0 aliphatic heterocycles. The molecule has 0 heterocycles. The van der Waals surface area contributed by atoms with Crippen molar-refractivity contribution in [2.45, 2.75) is 32.6 Å². The van der Waals surface area contributed by atoms with Gasteiger partial charge in [-0.2, -0.15) is 0 Å². The second kappa shape index (κ2) is 4.90. The molecule has 0 unspecified atom stereocenters. The van der Waals surface area contributed by atoms with E-state index in [1.54, 1.807) is 0 Å². The van der Waals surface area contributed by atoms with Crippen LogP contribution in [-0.2, 0) is 9.53 Å². The van der Waals surface area contributed by atoms with Crippen molar-refractivity contribution >= 4 is 5.97 Å². The van der Waals surface area contributed by atoms with Crippen molar-refractivity contribution in [3.8, 4) is 0 Å². The normalized spacial score (nSPS) is 17.1. The van der Waals surface area contributed by atoms with Crippen LogP contribution in [0, 0.1) is 0 Å². The van der Waals surface area contributed by atoms with Gasteiger partial charge in [0.05, 0.1) is 12.2 Å². The number of allylic oxidation sites excluding steroid dienone is 1. The molecule has 3 nitrogen and oxygen atoms in total. The Hall–Kier alpha value is -0.990. The average Bonchev–Trinajstić information content (AvgIpc) is 2.18. The minimum atomic E-state index is -0.147. The summed E-state index contributed by atoms with van der Waals surface area (Å²) in [5.41, 5.74) is 1.90. The van der Waals surface area contributed by atoms with Gasteiger partial charge in [-0.1, -0.05) is 0 Å². The molecule has 1 rings (SSSR count). The third kappa shape index (κ3) is 2.47. The lowest BCUT2D eigenvalue weighted by Gasteiger charge is -2.18. The molecule has 13 heavy (non-hydrogen) atoms. The van der Waals surface area contributed by atoms with E-state index in [1.165, 1.54) is 6.42 Å². The summed E-state index contributed by atoms with van der Waals surface area (Å²) < 4.78 is 4.98. The van der Waals surface area contributed by atoms with Crippen LogP contribution in [0.25, 0.3) is 0 Å². The largest absolute Gasteiger partial charge is 0.463 e. The van der Waals surface area contributed by atoms with Gasteiger partial charge in [0.2, 0.25) is 0 Å². The first kappa shape index (κ1) is 10.1. The molecule has 0 aromatic heterocycles. The zero-order valence-corrected chi connectivity index (χ0v) is 8.35. The van der Waals surface area contributed by atoms with Crippen LogP contribution in [0.2, 0.25) is 0 Å². The zero-order valence-electron chi connectivity index (χ0n) is 8.35. The number of hydrogen-bond donors (Lipinski definition) is 1. The van der Waals surface area contributed by atoms with Crippen molar-refractivity contribution in [1.29, 1.82) is 0 Å². The van der Waals surface area contributed by atoms with E-state index in [0.29, 0.717) is 6.61 Å². The van der Waals surface area contributed by atoms with E-state index < -0.39 is 0 Å². The number of ether oxygens (including phenoxy) is 1. The first-order chi connectivity index (χ1) is 6.29. The van der Waals surface area contributed by atoms with Crippen LogP contribution in [0.3, 0.4) is 0 Å². The van der Waals surface area contributed by atoms with Gasteiger partial charge >= 0.3 is 5.97 Å². The van der Waals surface area contributed by atoms with Gasteiger partial charge < -0.3 is 10.1 Å². The third-order valence-corrected chi connectivity index (χ3v) is 2.29. The van der Waals surface area contributed by atoms with Crippen molar-refractivity contribution in [3.05, 3.63) is 11.3 Å². The van der Waals surface area contributed by atoms with Gasteiger partial charge in [-0.25, -0.2) is 4.79 Å². The number of nitrogens with one attached hydrogen (secondary N) is 1. The van der Waals surface area contributed by atoms with E-state index in [0.717, 1.165) is 30.5 Å². The third-order valence-electron chi connectivity index (χ3n) is 2.29. The fraction of sp³-hybridized carbons (Fsp3) is 0.700. The topological polar surface area (TPSA) is 38.3 Å². The summed E-state index contributed by atoms with van der Waals surface area (Å²) in [6, 6.07) is 0. The second-order valence-electron chi connectivity index (χ2n) is 3.13. The molecule has 0 fully saturated rings. The molecule has 0 spiro atoms. The Bertz CT molecular complexity index is 221. The maximum absolute atomic E-state index is 11.4. The molecule has 0 bridgehead atoms. The number of hydrogen-bond acceptors (Lipinski definition) is 3. The summed E-state index contributed by atoms with van der Waals surface area (Å²) in [6.45, 7) is 2.29. The molecule has 1 aliphatic carbocycles. The molecule has 74 valence electrons. The standard InChI is InChI=1S/C10H17NO2/c1-3-13-10(12)8-6-4-5-7-9(8)11-2/h11H,3-7H2,1-2H3. The van der Waals surface area contributed by atoms with Crippen molar-refractivity contribution < 1.29 is 9.53 Å². The van der Waals surface area contributed by atoms with Crippen LogP contribution in [0.15, 0.2) is 11.3 Å². The molecular formula is C10H17NO2.